The van der Waals surface area contributed by atoms with E-state index < -0.39 is 15.7 Å². The maximum atomic E-state index is 12.2. The van der Waals surface area contributed by atoms with Crippen LogP contribution in [0, 0.1) is 0 Å². The van der Waals surface area contributed by atoms with E-state index in [1.807, 2.05) is 0 Å². The number of carbonyl (C=O) groups is 1. The van der Waals surface area contributed by atoms with Gasteiger partial charge in [-0.3, -0.25) is 4.79 Å². The van der Waals surface area contributed by atoms with Gasteiger partial charge in [-0.25, -0.2) is 8.42 Å². The van der Waals surface area contributed by atoms with Gasteiger partial charge in [-0.05, 0) is 36.4 Å². The van der Waals surface area contributed by atoms with Crippen LogP contribution in [-0.4, -0.2) is 27.7 Å². The standard InChI is InChI=1S/C15H14ClNO4S/c1-21-14-7-6-11(9-13(14)16)17-15(18)10-4-3-5-12(8-10)22(2,19)20/h3-9H,1-2H3,(H,17,18). The highest BCUT2D eigenvalue weighted by Crippen LogP contribution is 2.27. The van der Waals surface area contributed by atoms with Gasteiger partial charge in [-0.1, -0.05) is 17.7 Å². The fraction of sp³-hybridized carbons (Fsp3) is 0.133. The second-order valence-corrected chi connectivity index (χ2v) is 7.03. The number of anilines is 1. The van der Waals surface area contributed by atoms with Gasteiger partial charge >= 0.3 is 0 Å². The molecule has 0 atom stereocenters. The Morgan fingerprint density at radius 2 is 1.91 bits per heavy atom. The van der Waals surface area contributed by atoms with Crippen molar-refractivity contribution in [1.82, 2.24) is 0 Å². The van der Waals surface area contributed by atoms with Crippen molar-refractivity contribution < 1.29 is 17.9 Å². The second-order valence-electron chi connectivity index (χ2n) is 4.60. The molecule has 2 rings (SSSR count). The number of amides is 1. The molecule has 0 unspecified atom stereocenters. The molecule has 22 heavy (non-hydrogen) atoms. The average Bonchev–Trinajstić information content (AvgIpc) is 2.46. The van der Waals surface area contributed by atoms with Gasteiger partial charge in [-0.15, -0.1) is 0 Å². The summed E-state index contributed by atoms with van der Waals surface area (Å²) in [7, 11) is -1.87. The number of halogens is 1. The van der Waals surface area contributed by atoms with Crippen LogP contribution in [0.5, 0.6) is 5.75 Å². The summed E-state index contributed by atoms with van der Waals surface area (Å²) in [6.07, 6.45) is 1.09. The van der Waals surface area contributed by atoms with E-state index in [1.165, 1.54) is 31.4 Å². The summed E-state index contributed by atoms with van der Waals surface area (Å²) >= 11 is 5.99. The lowest BCUT2D eigenvalue weighted by molar-refractivity contribution is 0.102. The zero-order chi connectivity index (χ0) is 16.3. The Morgan fingerprint density at radius 3 is 2.50 bits per heavy atom. The van der Waals surface area contributed by atoms with Crippen LogP contribution in [0.15, 0.2) is 47.4 Å². The normalized spacial score (nSPS) is 11.0. The van der Waals surface area contributed by atoms with Crippen molar-refractivity contribution in [2.24, 2.45) is 0 Å². The molecule has 0 aromatic heterocycles. The van der Waals surface area contributed by atoms with Crippen LogP contribution in [0.1, 0.15) is 10.4 Å². The van der Waals surface area contributed by atoms with Crippen LogP contribution < -0.4 is 10.1 Å². The number of rotatable bonds is 4. The number of nitrogens with one attached hydrogen (secondary N) is 1. The monoisotopic (exact) mass is 339 g/mol. The number of ether oxygens (including phenoxy) is 1. The molecule has 0 aliphatic carbocycles. The molecule has 0 heterocycles. The molecule has 0 bridgehead atoms. The van der Waals surface area contributed by atoms with Gasteiger partial charge in [0.15, 0.2) is 9.84 Å². The van der Waals surface area contributed by atoms with E-state index >= 15 is 0 Å². The van der Waals surface area contributed by atoms with Crippen LogP contribution in [0.3, 0.4) is 0 Å². The first-order chi connectivity index (χ1) is 10.3. The summed E-state index contributed by atoms with van der Waals surface area (Å²) in [5.41, 5.74) is 0.732. The van der Waals surface area contributed by atoms with Gasteiger partial charge in [-0.2, -0.15) is 0 Å². The second kappa shape index (κ2) is 6.37. The fourth-order valence-electron chi connectivity index (χ4n) is 1.82. The smallest absolute Gasteiger partial charge is 0.255 e. The zero-order valence-electron chi connectivity index (χ0n) is 12.0. The number of benzene rings is 2. The predicted molar refractivity (Wildman–Crippen MR) is 85.5 cm³/mol. The third kappa shape index (κ3) is 3.78. The van der Waals surface area contributed by atoms with Gasteiger partial charge < -0.3 is 10.1 Å². The first-order valence-corrected chi connectivity index (χ1v) is 8.53. The van der Waals surface area contributed by atoms with Crippen molar-refractivity contribution in [2.75, 3.05) is 18.7 Å². The molecule has 1 amide bonds. The molecule has 0 spiro atoms. The van der Waals surface area contributed by atoms with E-state index in [1.54, 1.807) is 18.2 Å². The van der Waals surface area contributed by atoms with Crippen molar-refractivity contribution in [1.29, 1.82) is 0 Å². The summed E-state index contributed by atoms with van der Waals surface area (Å²) in [5.74, 6) is 0.0745. The number of sulfone groups is 1. The largest absolute Gasteiger partial charge is 0.495 e. The lowest BCUT2D eigenvalue weighted by Crippen LogP contribution is -2.12. The van der Waals surface area contributed by atoms with Crippen molar-refractivity contribution in [3.63, 3.8) is 0 Å². The minimum absolute atomic E-state index is 0.0907. The van der Waals surface area contributed by atoms with Gasteiger partial charge in [0.05, 0.1) is 17.0 Å². The number of hydrogen-bond donors (Lipinski definition) is 1. The van der Waals surface area contributed by atoms with Gasteiger partial charge in [0.1, 0.15) is 5.75 Å². The van der Waals surface area contributed by atoms with E-state index in [9.17, 15) is 13.2 Å². The molecule has 0 aliphatic heterocycles. The summed E-state index contributed by atoms with van der Waals surface area (Å²) < 4.78 is 28.1. The Morgan fingerprint density at radius 1 is 1.18 bits per heavy atom. The fourth-order valence-corrected chi connectivity index (χ4v) is 2.74. The van der Waals surface area contributed by atoms with E-state index in [-0.39, 0.29) is 10.5 Å². The molecule has 2 aromatic carbocycles. The van der Waals surface area contributed by atoms with Crippen LogP contribution in [-0.2, 0) is 9.84 Å². The average molecular weight is 340 g/mol. The Bertz CT molecular complexity index is 818. The van der Waals surface area contributed by atoms with Gasteiger partial charge in [0.2, 0.25) is 0 Å². The molecular weight excluding hydrogens is 326 g/mol. The highest BCUT2D eigenvalue weighted by atomic mass is 35.5. The molecule has 0 saturated heterocycles. The summed E-state index contributed by atoms with van der Waals surface area (Å²) in [6, 6.07) is 10.7. The van der Waals surface area contributed by atoms with E-state index in [2.05, 4.69) is 5.32 Å². The van der Waals surface area contributed by atoms with Crippen molar-refractivity contribution >= 4 is 33.0 Å². The third-order valence-electron chi connectivity index (χ3n) is 2.93. The molecule has 5 nitrogen and oxygen atoms in total. The lowest BCUT2D eigenvalue weighted by Gasteiger charge is -2.08. The highest BCUT2D eigenvalue weighted by molar-refractivity contribution is 7.90. The third-order valence-corrected chi connectivity index (χ3v) is 4.34. The van der Waals surface area contributed by atoms with E-state index in [4.69, 9.17) is 16.3 Å². The first-order valence-electron chi connectivity index (χ1n) is 6.26. The topological polar surface area (TPSA) is 72.5 Å². The van der Waals surface area contributed by atoms with Crippen LogP contribution in [0.4, 0.5) is 5.69 Å². The Hall–Kier alpha value is -2.05. The van der Waals surface area contributed by atoms with E-state index in [0.29, 0.717) is 16.5 Å². The van der Waals surface area contributed by atoms with Crippen LogP contribution in [0.2, 0.25) is 5.02 Å². The Labute approximate surface area is 133 Å². The molecule has 7 heteroatoms. The quantitative estimate of drug-likeness (QED) is 0.929. The Balaban J connectivity index is 2.24. The van der Waals surface area contributed by atoms with Crippen LogP contribution >= 0.6 is 11.6 Å². The van der Waals surface area contributed by atoms with Gasteiger partial charge in [0.25, 0.3) is 5.91 Å². The Kier molecular flexibility index (Phi) is 4.73. The minimum Gasteiger partial charge on any atom is -0.495 e. The molecular formula is C15H14ClNO4S. The summed E-state index contributed by atoms with van der Waals surface area (Å²) in [4.78, 5) is 12.3. The number of methoxy groups -OCH3 is 1. The minimum atomic E-state index is -3.37. The molecule has 0 fully saturated rings. The zero-order valence-corrected chi connectivity index (χ0v) is 13.5. The lowest BCUT2D eigenvalue weighted by atomic mass is 10.2. The maximum Gasteiger partial charge on any atom is 0.255 e. The molecule has 0 saturated carbocycles. The first kappa shape index (κ1) is 16.3. The van der Waals surface area contributed by atoms with E-state index in [0.717, 1.165) is 6.26 Å². The van der Waals surface area contributed by atoms with Crippen LogP contribution in [0.25, 0.3) is 0 Å². The van der Waals surface area contributed by atoms with Crippen molar-refractivity contribution in [3.8, 4) is 5.75 Å². The molecule has 0 radical (unpaired) electrons. The number of hydrogen-bond acceptors (Lipinski definition) is 4. The molecule has 0 aliphatic rings. The SMILES string of the molecule is COc1ccc(NC(=O)c2cccc(S(C)(=O)=O)c2)cc1Cl. The maximum absolute atomic E-state index is 12.2. The summed E-state index contributed by atoms with van der Waals surface area (Å²) in [6.45, 7) is 0. The summed E-state index contributed by atoms with van der Waals surface area (Å²) in [5, 5.41) is 3.02. The predicted octanol–water partition coefficient (Wildman–Crippen LogP) is 3.00. The van der Waals surface area contributed by atoms with Crippen molar-refractivity contribution in [2.45, 2.75) is 4.90 Å². The van der Waals surface area contributed by atoms with Crippen molar-refractivity contribution in [3.05, 3.63) is 53.1 Å². The molecule has 116 valence electrons. The molecule has 2 aromatic rings. The van der Waals surface area contributed by atoms with Gasteiger partial charge in [0, 0.05) is 17.5 Å². The molecule has 1 N–H and O–H groups in total. The highest BCUT2D eigenvalue weighted by Gasteiger charge is 2.12. The number of carbonyl (C=O) groups excluding carboxylic acids is 1.